The van der Waals surface area contributed by atoms with E-state index in [0.717, 1.165) is 0 Å². The van der Waals surface area contributed by atoms with E-state index in [-0.39, 0.29) is 117 Å². The Kier molecular flexibility index (Phi) is 2400. The van der Waals surface area contributed by atoms with E-state index in [9.17, 15) is 0 Å². The van der Waals surface area contributed by atoms with Gasteiger partial charge in [0.25, 0.3) is 0 Å². The number of hydrogen-bond acceptors (Lipinski definition) is 4. The molecule has 0 rings (SSSR count). The second-order valence-corrected chi connectivity index (χ2v) is 0.204. The van der Waals surface area contributed by atoms with Crippen molar-refractivity contribution < 1.29 is 47.6 Å². The fourth-order valence-corrected chi connectivity index (χ4v) is 0. The average Bonchev–Trinajstić information content (AvgIpc) is 1.46. The Balaban J connectivity index is -0.000000000731. The van der Waals surface area contributed by atoms with Gasteiger partial charge in [0.05, 0.1) is 0 Å². The maximum absolute atomic E-state index is 8.29. The molecule has 0 saturated heterocycles. The predicted molar refractivity (Wildman–Crippen MR) is 90.6 cm³/mol. The molecule has 0 bridgehead atoms. The van der Waals surface area contributed by atoms with Crippen molar-refractivity contribution in [3.63, 3.8) is 0 Å². The maximum atomic E-state index is 8.29. The minimum atomic E-state index is -0.750. The Morgan fingerprint density at radius 2 is 0.714 bits per heavy atom. The molecular formula is C5H28ArO2S6. The van der Waals surface area contributed by atoms with Crippen molar-refractivity contribution in [3.05, 3.63) is 0 Å². The van der Waals surface area contributed by atoms with E-state index in [1.54, 1.807) is 0 Å². The van der Waals surface area contributed by atoms with E-state index in [1.165, 1.54) is 0 Å². The van der Waals surface area contributed by atoms with Crippen molar-refractivity contribution in [2.45, 2.75) is 37.1 Å². The Morgan fingerprint density at radius 3 is 0.714 bits per heavy atom. The van der Waals surface area contributed by atoms with Crippen molar-refractivity contribution >= 4 is 74.4 Å². The quantitative estimate of drug-likeness (QED) is 0.671. The van der Waals surface area contributed by atoms with Crippen molar-refractivity contribution in [2.24, 2.45) is 0 Å². The molecule has 9 heteroatoms. The Bertz CT molecular complexity index is 58.8. The first-order valence-corrected chi connectivity index (χ1v) is 2.50. The molecule has 104 valence electrons. The largest absolute Gasteiger partial charge is 0.335 e. The van der Waals surface area contributed by atoms with Crippen molar-refractivity contribution in [1.29, 1.82) is 0 Å². The number of rotatable bonds is 0. The fraction of sp³-hybridized carbons (Fsp3) is 1.00. The van der Waals surface area contributed by atoms with Crippen molar-refractivity contribution in [3.8, 4) is 0 Å². The molecule has 0 radical (unpaired) electrons. The molecule has 0 fully saturated rings. The van der Waals surface area contributed by atoms with Crippen LogP contribution in [0.15, 0.2) is 0 Å². The van der Waals surface area contributed by atoms with E-state index < -0.39 is 11.6 Å². The van der Waals surface area contributed by atoms with Crippen LogP contribution in [0.1, 0.15) is 38.6 Å². The summed E-state index contributed by atoms with van der Waals surface area (Å²) >= 11 is 6.58. The molecule has 14 heavy (non-hydrogen) atoms. The van der Waals surface area contributed by atoms with Gasteiger partial charge in [-0.2, -0.15) is 48.9 Å². The van der Waals surface area contributed by atoms with Crippen LogP contribution in [0.4, 0.5) is 0 Å². The standard InChI is InChI=1S/5CH4.Ar.O2S.S2.3H2S.H2/c;;;;;;1-3-2;1-2;;;;/h5*1H4;;;;3*1H2;1H. The Morgan fingerprint density at radius 1 is 0.714 bits per heavy atom. The SMILES string of the molecule is C.C.C.C.C.O=S=O.S.S.S.S=S.[Ar].[HH]. The molecule has 0 atom stereocenters. The fourth-order valence-electron chi connectivity index (χ4n) is 0. The first-order chi connectivity index (χ1) is 2.41. The van der Waals surface area contributed by atoms with Crippen LogP contribution in [-0.2, 0) is 33.9 Å². The van der Waals surface area contributed by atoms with Crippen LogP contribution < -0.4 is 0 Å². The van der Waals surface area contributed by atoms with E-state index in [4.69, 9.17) is 8.42 Å². The van der Waals surface area contributed by atoms with Gasteiger partial charge in [-0.3, -0.25) is 0 Å². The van der Waals surface area contributed by atoms with Gasteiger partial charge in [0.2, 0.25) is 0 Å². The summed E-state index contributed by atoms with van der Waals surface area (Å²) in [7, 11) is 0. The molecule has 0 N–H and O–H groups in total. The van der Waals surface area contributed by atoms with E-state index in [2.05, 4.69) is 22.4 Å². The predicted octanol–water partition coefficient (Wildman–Crippen LogP) is 3.09. The summed E-state index contributed by atoms with van der Waals surface area (Å²) < 4.78 is 16.6. The molecule has 0 aromatic heterocycles. The van der Waals surface area contributed by atoms with Gasteiger partial charge >= 0.3 is 11.6 Å². The van der Waals surface area contributed by atoms with Gasteiger partial charge in [0.1, 0.15) is 0 Å². The molecule has 2 nitrogen and oxygen atoms in total. The summed E-state index contributed by atoms with van der Waals surface area (Å²) in [5.41, 5.74) is 0. The van der Waals surface area contributed by atoms with Gasteiger partial charge in [-0.15, -0.1) is 0 Å². The van der Waals surface area contributed by atoms with Crippen LogP contribution >= 0.6 is 40.5 Å². The zero-order valence-corrected chi connectivity index (χ0v) is 10.1. The van der Waals surface area contributed by atoms with Gasteiger partial charge in [0.15, 0.2) is 0 Å². The summed E-state index contributed by atoms with van der Waals surface area (Å²) in [6.45, 7) is 0. The van der Waals surface area contributed by atoms with Crippen LogP contribution in [0.25, 0.3) is 0 Å². The Hall–Kier alpha value is 2.57. The third kappa shape index (κ3) is 406. The van der Waals surface area contributed by atoms with Crippen LogP contribution in [-0.4, -0.2) is 8.42 Å². The van der Waals surface area contributed by atoms with Gasteiger partial charge in [-0.1, -0.05) is 37.1 Å². The van der Waals surface area contributed by atoms with Crippen LogP contribution in [0.3, 0.4) is 0 Å². The van der Waals surface area contributed by atoms with Crippen molar-refractivity contribution in [2.75, 3.05) is 0 Å². The zero-order chi connectivity index (χ0) is 4.71. The number of hydrogen-bond donors (Lipinski definition) is 0. The topological polar surface area (TPSA) is 34.1 Å². The summed E-state index contributed by atoms with van der Waals surface area (Å²) in [6.07, 6.45) is 0. The molecular weight excluding hydrogens is 324 g/mol. The normalized spacial score (nSPS) is 1.14. The van der Waals surface area contributed by atoms with E-state index in [1.807, 2.05) is 0 Å². The molecule has 0 unspecified atom stereocenters. The zero-order valence-electron chi connectivity index (χ0n) is 3.89. The minimum Gasteiger partial charge on any atom is -0.197 e. The first kappa shape index (κ1) is 129. The average molecular weight is 353 g/mol. The molecule has 0 spiro atoms. The third-order valence-corrected chi connectivity index (χ3v) is 0. The first-order valence-electron chi connectivity index (χ1n) is 0.500. The van der Waals surface area contributed by atoms with Gasteiger partial charge in [-0.25, -0.2) is 0 Å². The smallest absolute Gasteiger partial charge is 0.197 e. The van der Waals surface area contributed by atoms with Gasteiger partial charge in [0, 0.05) is 61.5 Å². The summed E-state index contributed by atoms with van der Waals surface area (Å²) in [5, 5.41) is 0. The molecule has 0 aliphatic carbocycles. The maximum Gasteiger partial charge on any atom is 0.335 e. The third-order valence-electron chi connectivity index (χ3n) is 0. The molecule has 0 aliphatic heterocycles. The van der Waals surface area contributed by atoms with Crippen LogP contribution in [0.5, 0.6) is 0 Å². The van der Waals surface area contributed by atoms with Crippen LogP contribution in [0.2, 0.25) is 0 Å². The van der Waals surface area contributed by atoms with E-state index in [0.29, 0.717) is 0 Å². The second kappa shape index (κ2) is 259. The summed E-state index contributed by atoms with van der Waals surface area (Å²) in [4.78, 5) is 0. The summed E-state index contributed by atoms with van der Waals surface area (Å²) in [6, 6.07) is 0. The molecule has 0 aromatic carbocycles. The molecule has 0 saturated carbocycles. The Labute approximate surface area is 157 Å². The molecule has 0 amide bonds. The minimum absolute atomic E-state index is 0. The van der Waals surface area contributed by atoms with Gasteiger partial charge in [-0.05, 0) is 0 Å². The molecule has 0 aliphatic rings. The van der Waals surface area contributed by atoms with E-state index >= 15 is 0 Å². The van der Waals surface area contributed by atoms with Crippen molar-refractivity contribution in [1.82, 2.24) is 0 Å². The molecule has 0 heterocycles. The monoisotopic (exact) mass is 352 g/mol. The molecule has 0 aromatic rings. The van der Waals surface area contributed by atoms with Crippen LogP contribution in [0, 0.1) is 37.7 Å². The second-order valence-electron chi connectivity index (χ2n) is 0.0680. The summed E-state index contributed by atoms with van der Waals surface area (Å²) in [5.74, 6) is 0. The van der Waals surface area contributed by atoms with Gasteiger partial charge < -0.3 is 0 Å².